The molecule has 2 aromatic carbocycles. The molecule has 1 aliphatic rings. The molecule has 6 heteroatoms. The molecule has 0 radical (unpaired) electrons. The molecule has 4 rings (SSSR count). The highest BCUT2D eigenvalue weighted by Gasteiger charge is 2.24. The number of aromatic nitrogens is 2. The van der Waals surface area contributed by atoms with E-state index in [2.05, 4.69) is 11.6 Å². The second kappa shape index (κ2) is 6.87. The van der Waals surface area contributed by atoms with E-state index >= 15 is 0 Å². The van der Waals surface area contributed by atoms with Crippen molar-refractivity contribution in [3.63, 3.8) is 0 Å². The Labute approximate surface area is 156 Å². The van der Waals surface area contributed by atoms with E-state index in [-0.39, 0.29) is 23.3 Å². The topological polar surface area (TPSA) is 58.4 Å². The van der Waals surface area contributed by atoms with Gasteiger partial charge in [-0.3, -0.25) is 4.79 Å². The van der Waals surface area contributed by atoms with Crippen LogP contribution < -0.4 is 0 Å². The van der Waals surface area contributed by atoms with Crippen molar-refractivity contribution in [2.75, 3.05) is 13.1 Å². The summed E-state index contributed by atoms with van der Waals surface area (Å²) in [7, 11) is 0. The number of hydrogen-bond donors (Lipinski definition) is 1. The predicted molar refractivity (Wildman–Crippen MR) is 102 cm³/mol. The number of amides is 1. The van der Waals surface area contributed by atoms with Crippen LogP contribution in [0.2, 0.25) is 0 Å². The minimum Gasteiger partial charge on any atom is -0.507 e. The number of carbonyl (C=O) groups is 1. The maximum absolute atomic E-state index is 14.3. The Kier molecular flexibility index (Phi) is 4.39. The third kappa shape index (κ3) is 3.07. The van der Waals surface area contributed by atoms with Gasteiger partial charge in [-0.1, -0.05) is 18.7 Å². The molecule has 0 bridgehead atoms. The molecular formula is C21H20FN3O2. The Balaban J connectivity index is 1.75. The maximum Gasteiger partial charge on any atom is 0.246 e. The van der Waals surface area contributed by atoms with Crippen molar-refractivity contribution in [1.82, 2.24) is 14.5 Å². The van der Waals surface area contributed by atoms with Gasteiger partial charge in [0.2, 0.25) is 5.91 Å². The van der Waals surface area contributed by atoms with E-state index in [1.807, 2.05) is 16.7 Å². The first-order chi connectivity index (χ1) is 13.1. The highest BCUT2D eigenvalue weighted by molar-refractivity contribution is 5.87. The number of piperidine rings is 1. The molecule has 138 valence electrons. The van der Waals surface area contributed by atoms with Crippen molar-refractivity contribution in [2.24, 2.45) is 0 Å². The summed E-state index contributed by atoms with van der Waals surface area (Å²) in [4.78, 5) is 18.2. The summed E-state index contributed by atoms with van der Waals surface area (Å²) < 4.78 is 16.3. The Bertz CT molecular complexity index is 1010. The minimum atomic E-state index is -0.471. The van der Waals surface area contributed by atoms with Crippen LogP contribution in [0.15, 0.2) is 55.4 Å². The van der Waals surface area contributed by atoms with Crippen molar-refractivity contribution in [3.8, 4) is 16.9 Å². The number of rotatable bonds is 3. The Hall–Kier alpha value is -3.15. The molecule has 1 amide bonds. The highest BCUT2D eigenvalue weighted by Crippen LogP contribution is 2.34. The van der Waals surface area contributed by atoms with E-state index in [1.165, 1.54) is 24.3 Å². The molecule has 3 aromatic rings. The molecule has 0 spiro atoms. The van der Waals surface area contributed by atoms with Crippen molar-refractivity contribution < 1.29 is 14.3 Å². The molecule has 0 saturated carbocycles. The number of imidazole rings is 1. The van der Waals surface area contributed by atoms with Gasteiger partial charge in [0.25, 0.3) is 0 Å². The van der Waals surface area contributed by atoms with E-state index in [1.54, 1.807) is 17.3 Å². The van der Waals surface area contributed by atoms with Crippen molar-refractivity contribution in [3.05, 3.63) is 61.2 Å². The fourth-order valence-electron chi connectivity index (χ4n) is 3.78. The molecule has 1 aliphatic heterocycles. The summed E-state index contributed by atoms with van der Waals surface area (Å²) in [5.74, 6) is -0.636. The second-order valence-corrected chi connectivity index (χ2v) is 6.77. The van der Waals surface area contributed by atoms with E-state index in [9.17, 15) is 14.3 Å². The van der Waals surface area contributed by atoms with Gasteiger partial charge in [-0.25, -0.2) is 9.37 Å². The van der Waals surface area contributed by atoms with Crippen LogP contribution in [0.4, 0.5) is 4.39 Å². The molecule has 1 atom stereocenters. The van der Waals surface area contributed by atoms with Crippen LogP contribution in [0.1, 0.15) is 18.9 Å². The third-order valence-electron chi connectivity index (χ3n) is 5.13. The van der Waals surface area contributed by atoms with Crippen LogP contribution in [0, 0.1) is 5.82 Å². The smallest absolute Gasteiger partial charge is 0.246 e. The summed E-state index contributed by atoms with van der Waals surface area (Å²) in [5, 5.41) is 10.1. The molecule has 5 nitrogen and oxygen atoms in total. The number of likely N-dealkylation sites (tertiary alicyclic amines) is 1. The van der Waals surface area contributed by atoms with Crippen LogP contribution in [0.5, 0.6) is 5.75 Å². The minimum absolute atomic E-state index is 0.0684. The Morgan fingerprint density at radius 1 is 1.33 bits per heavy atom. The number of hydrogen-bond acceptors (Lipinski definition) is 3. The fourth-order valence-corrected chi connectivity index (χ4v) is 3.78. The van der Waals surface area contributed by atoms with Gasteiger partial charge in [-0.05, 0) is 48.7 Å². The largest absolute Gasteiger partial charge is 0.507 e. The quantitative estimate of drug-likeness (QED) is 0.716. The van der Waals surface area contributed by atoms with Gasteiger partial charge in [0, 0.05) is 13.1 Å². The van der Waals surface area contributed by atoms with E-state index in [4.69, 9.17) is 0 Å². The van der Waals surface area contributed by atoms with Gasteiger partial charge in [-0.15, -0.1) is 0 Å². The summed E-state index contributed by atoms with van der Waals surface area (Å²) >= 11 is 0. The number of aromatic hydroxyl groups is 1. The van der Waals surface area contributed by atoms with Crippen LogP contribution in [0.25, 0.3) is 22.2 Å². The van der Waals surface area contributed by atoms with E-state index < -0.39 is 5.82 Å². The average molecular weight is 365 g/mol. The molecular weight excluding hydrogens is 345 g/mol. The van der Waals surface area contributed by atoms with E-state index in [0.29, 0.717) is 12.1 Å². The molecule has 2 heterocycles. The highest BCUT2D eigenvalue weighted by atomic mass is 19.1. The number of carbonyl (C=O) groups excluding carboxylic acids is 1. The normalized spacial score (nSPS) is 17.2. The molecule has 1 fully saturated rings. The van der Waals surface area contributed by atoms with Crippen LogP contribution >= 0.6 is 0 Å². The van der Waals surface area contributed by atoms with E-state index in [0.717, 1.165) is 30.4 Å². The Morgan fingerprint density at radius 3 is 2.96 bits per heavy atom. The molecule has 0 aliphatic carbocycles. The number of halogens is 1. The maximum atomic E-state index is 14.3. The number of phenols is 1. The SMILES string of the molecule is C=CC(=O)N1CCCC(n2cnc3ccc(-c4c(O)cccc4F)cc32)C1. The fraction of sp³-hybridized carbons (Fsp3) is 0.238. The Morgan fingerprint density at radius 2 is 2.19 bits per heavy atom. The van der Waals surface area contributed by atoms with Gasteiger partial charge < -0.3 is 14.6 Å². The lowest BCUT2D eigenvalue weighted by Gasteiger charge is -2.33. The lowest BCUT2D eigenvalue weighted by atomic mass is 10.0. The summed E-state index contributed by atoms with van der Waals surface area (Å²) in [6.45, 7) is 4.88. The summed E-state index contributed by atoms with van der Waals surface area (Å²) in [6, 6.07) is 9.79. The number of fused-ring (bicyclic) bond motifs is 1. The third-order valence-corrected chi connectivity index (χ3v) is 5.13. The van der Waals surface area contributed by atoms with Crippen LogP contribution in [-0.2, 0) is 4.79 Å². The second-order valence-electron chi connectivity index (χ2n) is 6.77. The molecule has 1 N–H and O–H groups in total. The van der Waals surface area contributed by atoms with Crippen molar-refractivity contribution >= 4 is 16.9 Å². The monoisotopic (exact) mass is 365 g/mol. The first-order valence-corrected chi connectivity index (χ1v) is 8.94. The standard InChI is InChI=1S/C21H20FN3O2/c1-2-20(27)24-10-4-5-15(12-24)25-13-23-17-9-8-14(11-18(17)25)21-16(22)6-3-7-19(21)26/h2-3,6-9,11,13,15,26H,1,4-5,10,12H2. The average Bonchev–Trinajstić information content (AvgIpc) is 3.10. The van der Waals surface area contributed by atoms with Crippen LogP contribution in [-0.4, -0.2) is 38.6 Å². The lowest BCUT2D eigenvalue weighted by Crippen LogP contribution is -2.39. The number of nitrogens with zero attached hydrogens (tertiary/aromatic N) is 3. The predicted octanol–water partition coefficient (Wildman–Crippen LogP) is 3.90. The number of benzene rings is 2. The molecule has 27 heavy (non-hydrogen) atoms. The van der Waals surface area contributed by atoms with Crippen LogP contribution in [0.3, 0.4) is 0 Å². The zero-order valence-electron chi connectivity index (χ0n) is 14.8. The first kappa shape index (κ1) is 17.3. The summed E-state index contributed by atoms with van der Waals surface area (Å²) in [6.07, 6.45) is 4.94. The first-order valence-electron chi connectivity index (χ1n) is 8.94. The van der Waals surface area contributed by atoms with Crippen molar-refractivity contribution in [2.45, 2.75) is 18.9 Å². The van der Waals surface area contributed by atoms with Gasteiger partial charge in [0.1, 0.15) is 11.6 Å². The molecule has 1 saturated heterocycles. The zero-order chi connectivity index (χ0) is 19.0. The van der Waals surface area contributed by atoms with Gasteiger partial charge in [-0.2, -0.15) is 0 Å². The number of phenolic OH excluding ortho intramolecular Hbond substituents is 1. The van der Waals surface area contributed by atoms with Crippen molar-refractivity contribution in [1.29, 1.82) is 0 Å². The van der Waals surface area contributed by atoms with Gasteiger partial charge in [0.05, 0.1) is 29.0 Å². The van der Waals surface area contributed by atoms with Gasteiger partial charge >= 0.3 is 0 Å². The molecule has 1 aromatic heterocycles. The molecule has 1 unspecified atom stereocenters. The van der Waals surface area contributed by atoms with Gasteiger partial charge in [0.15, 0.2) is 0 Å². The summed E-state index contributed by atoms with van der Waals surface area (Å²) in [5.41, 5.74) is 2.42. The zero-order valence-corrected chi connectivity index (χ0v) is 14.8. The lowest BCUT2D eigenvalue weighted by molar-refractivity contribution is -0.127.